The third-order valence-electron chi connectivity index (χ3n) is 4.50. The zero-order valence-corrected chi connectivity index (χ0v) is 16.4. The predicted molar refractivity (Wildman–Crippen MR) is 101 cm³/mol. The molecule has 1 aromatic carbocycles. The molecule has 7 nitrogen and oxygen atoms in total. The Hall–Kier alpha value is -2.41. The summed E-state index contributed by atoms with van der Waals surface area (Å²) in [6, 6.07) is 4.53. The first-order valence-electron chi connectivity index (χ1n) is 9.12. The van der Waals surface area contributed by atoms with E-state index in [9.17, 15) is 14.4 Å². The zero-order chi connectivity index (χ0) is 20.2. The molecule has 1 unspecified atom stereocenters. The maximum absolute atomic E-state index is 11.9. The number of ether oxygens (including phenoxy) is 1. The van der Waals surface area contributed by atoms with Gasteiger partial charge in [-0.2, -0.15) is 0 Å². The lowest BCUT2D eigenvalue weighted by Gasteiger charge is -2.25. The van der Waals surface area contributed by atoms with Crippen molar-refractivity contribution < 1.29 is 24.2 Å². The van der Waals surface area contributed by atoms with Gasteiger partial charge in [-0.1, -0.05) is 6.07 Å². The van der Waals surface area contributed by atoms with Crippen molar-refractivity contribution in [2.45, 2.75) is 51.8 Å². The van der Waals surface area contributed by atoms with E-state index >= 15 is 0 Å². The minimum atomic E-state index is -0.994. The Morgan fingerprint density at radius 1 is 1.33 bits per heavy atom. The van der Waals surface area contributed by atoms with E-state index in [0.717, 1.165) is 30.3 Å². The van der Waals surface area contributed by atoms with E-state index in [0.29, 0.717) is 19.6 Å². The number of hydrogen-bond acceptors (Lipinski definition) is 5. The standard InChI is InChI=1S/C20H28N2O5/c1-20(2,3)27-19(26)21(4)9-5-6-10-22-12-15-8-7-14(18(24)25)11-16(15)17(22)13-23/h7-8,11,13,17H,5-6,9-10,12H2,1-4H3,(H,24,25). The first-order chi connectivity index (χ1) is 12.6. The Morgan fingerprint density at radius 3 is 2.63 bits per heavy atom. The predicted octanol–water partition coefficient (Wildman–Crippen LogP) is 3.09. The maximum Gasteiger partial charge on any atom is 0.410 e. The average Bonchev–Trinajstić information content (AvgIpc) is 2.93. The van der Waals surface area contributed by atoms with Crippen molar-refractivity contribution in [2.75, 3.05) is 20.1 Å². The number of nitrogens with zero attached hydrogens (tertiary/aromatic N) is 2. The van der Waals surface area contributed by atoms with E-state index in [1.165, 1.54) is 0 Å². The molecule has 0 saturated carbocycles. The Bertz CT molecular complexity index is 711. The SMILES string of the molecule is CN(CCCCN1Cc2ccc(C(=O)O)cc2C1C=O)C(=O)OC(C)(C)C. The van der Waals surface area contributed by atoms with Crippen molar-refractivity contribution in [3.63, 3.8) is 0 Å². The van der Waals surface area contributed by atoms with Gasteiger partial charge in [-0.25, -0.2) is 9.59 Å². The van der Waals surface area contributed by atoms with Crippen LogP contribution in [-0.2, 0) is 16.1 Å². The average molecular weight is 376 g/mol. The Balaban J connectivity index is 1.85. The molecular formula is C20H28N2O5. The number of amides is 1. The highest BCUT2D eigenvalue weighted by molar-refractivity contribution is 5.88. The van der Waals surface area contributed by atoms with Crippen LogP contribution in [-0.4, -0.2) is 59.0 Å². The van der Waals surface area contributed by atoms with Gasteiger partial charge in [-0.05, 0) is 63.4 Å². The summed E-state index contributed by atoms with van der Waals surface area (Å²) in [5, 5.41) is 9.14. The molecule has 1 aliphatic rings. The van der Waals surface area contributed by atoms with Gasteiger partial charge < -0.3 is 19.5 Å². The lowest BCUT2D eigenvalue weighted by atomic mass is 10.0. The van der Waals surface area contributed by atoms with Crippen molar-refractivity contribution >= 4 is 18.3 Å². The highest BCUT2D eigenvalue weighted by Gasteiger charge is 2.30. The summed E-state index contributed by atoms with van der Waals surface area (Å²) in [5.41, 5.74) is 1.44. The molecule has 0 aromatic heterocycles. The summed E-state index contributed by atoms with van der Waals surface area (Å²) in [7, 11) is 1.71. The number of aromatic carboxylic acids is 1. The molecule has 148 valence electrons. The van der Waals surface area contributed by atoms with E-state index in [-0.39, 0.29) is 11.7 Å². The molecule has 0 radical (unpaired) electrons. The molecule has 0 spiro atoms. The van der Waals surface area contributed by atoms with Gasteiger partial charge in [0.1, 0.15) is 11.9 Å². The van der Waals surface area contributed by atoms with E-state index in [1.54, 1.807) is 30.1 Å². The summed E-state index contributed by atoms with van der Waals surface area (Å²) in [4.78, 5) is 38.3. The van der Waals surface area contributed by atoms with Crippen LogP contribution >= 0.6 is 0 Å². The minimum absolute atomic E-state index is 0.196. The quantitative estimate of drug-likeness (QED) is 0.581. The van der Waals surface area contributed by atoms with Gasteiger partial charge in [0.25, 0.3) is 0 Å². The number of carboxylic acid groups (broad SMARTS) is 1. The van der Waals surface area contributed by atoms with E-state index in [2.05, 4.69) is 0 Å². The Kier molecular flexibility index (Phi) is 6.59. The molecule has 7 heteroatoms. The van der Waals surface area contributed by atoms with Crippen molar-refractivity contribution in [2.24, 2.45) is 0 Å². The topological polar surface area (TPSA) is 87.2 Å². The molecule has 1 heterocycles. The summed E-state index contributed by atoms with van der Waals surface area (Å²) < 4.78 is 5.32. The third-order valence-corrected chi connectivity index (χ3v) is 4.50. The number of benzene rings is 1. The number of aldehydes is 1. The van der Waals surface area contributed by atoms with Crippen LogP contribution in [0.5, 0.6) is 0 Å². The highest BCUT2D eigenvalue weighted by Crippen LogP contribution is 2.33. The number of rotatable bonds is 7. The molecule has 1 aliphatic heterocycles. The normalized spacial score (nSPS) is 16.7. The fourth-order valence-electron chi connectivity index (χ4n) is 3.13. The summed E-state index contributed by atoms with van der Waals surface area (Å²) in [6.07, 6.45) is 2.12. The van der Waals surface area contributed by atoms with Crippen molar-refractivity contribution in [1.82, 2.24) is 9.80 Å². The first kappa shape index (κ1) is 20.9. The molecule has 1 N–H and O–H groups in total. The molecule has 1 aromatic rings. The monoisotopic (exact) mass is 376 g/mol. The zero-order valence-electron chi connectivity index (χ0n) is 16.4. The van der Waals surface area contributed by atoms with Crippen LogP contribution in [0.2, 0.25) is 0 Å². The number of carbonyl (C=O) groups is 3. The molecule has 0 bridgehead atoms. The minimum Gasteiger partial charge on any atom is -0.478 e. The van der Waals surface area contributed by atoms with Crippen LogP contribution in [0.3, 0.4) is 0 Å². The van der Waals surface area contributed by atoms with Gasteiger partial charge in [0.05, 0.1) is 11.6 Å². The molecule has 1 atom stereocenters. The number of carbonyl (C=O) groups excluding carboxylic acids is 2. The molecule has 0 aliphatic carbocycles. The van der Waals surface area contributed by atoms with Gasteiger partial charge in [0, 0.05) is 20.1 Å². The van der Waals surface area contributed by atoms with Gasteiger partial charge in [-0.3, -0.25) is 4.90 Å². The van der Waals surface area contributed by atoms with Crippen LogP contribution in [0.15, 0.2) is 18.2 Å². The number of fused-ring (bicyclic) bond motifs is 1. The van der Waals surface area contributed by atoms with Gasteiger partial charge >= 0.3 is 12.1 Å². The van der Waals surface area contributed by atoms with Crippen LogP contribution in [0.4, 0.5) is 4.79 Å². The largest absolute Gasteiger partial charge is 0.478 e. The van der Waals surface area contributed by atoms with Crippen LogP contribution in [0, 0.1) is 0 Å². The summed E-state index contributed by atoms with van der Waals surface area (Å²) in [5.74, 6) is -0.994. The molecule has 1 amide bonds. The second-order valence-corrected chi connectivity index (χ2v) is 7.88. The van der Waals surface area contributed by atoms with E-state index in [1.807, 2.05) is 25.7 Å². The smallest absolute Gasteiger partial charge is 0.410 e. The van der Waals surface area contributed by atoms with Gasteiger partial charge in [0.2, 0.25) is 0 Å². The number of hydrogen-bond donors (Lipinski definition) is 1. The fraction of sp³-hybridized carbons (Fsp3) is 0.550. The maximum atomic E-state index is 11.9. The summed E-state index contributed by atoms with van der Waals surface area (Å²) >= 11 is 0. The second-order valence-electron chi connectivity index (χ2n) is 7.88. The Morgan fingerprint density at radius 2 is 2.04 bits per heavy atom. The lowest BCUT2D eigenvalue weighted by molar-refractivity contribution is -0.112. The van der Waals surface area contributed by atoms with Crippen LogP contribution in [0.1, 0.15) is 61.1 Å². The van der Waals surface area contributed by atoms with Crippen molar-refractivity contribution in [3.8, 4) is 0 Å². The molecule has 0 fully saturated rings. The van der Waals surface area contributed by atoms with Gasteiger partial charge in [0.15, 0.2) is 0 Å². The number of carboxylic acids is 1. The lowest BCUT2D eigenvalue weighted by Crippen LogP contribution is -2.35. The van der Waals surface area contributed by atoms with Crippen LogP contribution < -0.4 is 0 Å². The number of unbranched alkanes of at least 4 members (excludes halogenated alkanes) is 1. The van der Waals surface area contributed by atoms with Crippen LogP contribution in [0.25, 0.3) is 0 Å². The molecular weight excluding hydrogens is 348 g/mol. The highest BCUT2D eigenvalue weighted by atomic mass is 16.6. The first-order valence-corrected chi connectivity index (χ1v) is 9.12. The molecule has 27 heavy (non-hydrogen) atoms. The Labute approximate surface area is 159 Å². The van der Waals surface area contributed by atoms with E-state index in [4.69, 9.17) is 9.84 Å². The fourth-order valence-corrected chi connectivity index (χ4v) is 3.13. The van der Waals surface area contributed by atoms with Crippen molar-refractivity contribution in [1.29, 1.82) is 0 Å². The van der Waals surface area contributed by atoms with E-state index < -0.39 is 17.6 Å². The second kappa shape index (κ2) is 8.52. The van der Waals surface area contributed by atoms with Crippen molar-refractivity contribution in [3.05, 3.63) is 34.9 Å². The summed E-state index contributed by atoms with van der Waals surface area (Å²) in [6.45, 7) is 7.39. The molecule has 2 rings (SSSR count). The van der Waals surface area contributed by atoms with Gasteiger partial charge in [-0.15, -0.1) is 0 Å². The third kappa shape index (κ3) is 5.53. The molecule has 0 saturated heterocycles.